The number of ether oxygens (including phenoxy) is 2. The lowest BCUT2D eigenvalue weighted by Crippen LogP contribution is -2.25. The smallest absolute Gasteiger partial charge is 0.137 e. The van der Waals surface area contributed by atoms with Gasteiger partial charge in [-0.1, -0.05) is 18.2 Å². The Balaban J connectivity index is 1.32. The van der Waals surface area contributed by atoms with Gasteiger partial charge in [-0.2, -0.15) is 0 Å². The first-order chi connectivity index (χ1) is 12.4. The second kappa shape index (κ2) is 7.68. The molecular weight excluding hydrogens is 314 g/mol. The highest BCUT2D eigenvalue weighted by atomic mass is 16.5. The molecule has 0 unspecified atom stereocenters. The summed E-state index contributed by atoms with van der Waals surface area (Å²) in [6.07, 6.45) is 6.33. The molecule has 1 aromatic carbocycles. The second-order valence-electron chi connectivity index (χ2n) is 6.26. The lowest BCUT2D eigenvalue weighted by atomic mass is 10.1. The van der Waals surface area contributed by atoms with Crippen LogP contribution in [0, 0.1) is 0 Å². The van der Waals surface area contributed by atoms with E-state index in [0.717, 1.165) is 61.8 Å². The van der Waals surface area contributed by atoms with Gasteiger partial charge in [0.25, 0.3) is 0 Å². The molecule has 1 fully saturated rings. The average Bonchev–Trinajstić information content (AvgIpc) is 3.11. The van der Waals surface area contributed by atoms with Gasteiger partial charge in [0.1, 0.15) is 5.65 Å². The van der Waals surface area contributed by atoms with Crippen molar-refractivity contribution in [2.45, 2.75) is 18.9 Å². The largest absolute Gasteiger partial charge is 0.383 e. The van der Waals surface area contributed by atoms with E-state index >= 15 is 0 Å². The standard InChI is InChI=1S/C20H23N3O2/c1-2-11-23-19(15-22-20(23)3-1)16-4-6-17(7-5-16)21-10-14-25-18-8-12-24-13-9-18/h1-7,11,15,18,21H,8-10,12-14H2. The van der Waals surface area contributed by atoms with E-state index in [2.05, 4.69) is 39.0 Å². The number of fused-ring (bicyclic) bond motifs is 1. The van der Waals surface area contributed by atoms with E-state index in [9.17, 15) is 0 Å². The van der Waals surface area contributed by atoms with Crippen molar-refractivity contribution in [1.82, 2.24) is 9.38 Å². The number of hydrogen-bond donors (Lipinski definition) is 1. The summed E-state index contributed by atoms with van der Waals surface area (Å²) in [7, 11) is 0. The highest BCUT2D eigenvalue weighted by Crippen LogP contribution is 2.22. The van der Waals surface area contributed by atoms with Gasteiger partial charge >= 0.3 is 0 Å². The minimum Gasteiger partial charge on any atom is -0.383 e. The van der Waals surface area contributed by atoms with Gasteiger partial charge in [0, 0.05) is 37.2 Å². The number of anilines is 1. The molecule has 0 bridgehead atoms. The molecule has 0 aliphatic carbocycles. The van der Waals surface area contributed by atoms with Gasteiger partial charge in [-0.05, 0) is 37.1 Å². The topological polar surface area (TPSA) is 47.8 Å². The molecule has 1 N–H and O–H groups in total. The maximum Gasteiger partial charge on any atom is 0.137 e. The van der Waals surface area contributed by atoms with Crippen LogP contribution in [0.4, 0.5) is 5.69 Å². The number of aromatic nitrogens is 2. The molecule has 0 atom stereocenters. The zero-order chi connectivity index (χ0) is 16.9. The molecule has 0 spiro atoms. The quantitative estimate of drug-likeness (QED) is 0.698. The fourth-order valence-corrected chi connectivity index (χ4v) is 3.17. The molecule has 5 heteroatoms. The lowest BCUT2D eigenvalue weighted by molar-refractivity contribution is -0.0283. The third-order valence-corrected chi connectivity index (χ3v) is 4.55. The number of rotatable bonds is 6. The Morgan fingerprint density at radius 1 is 1.12 bits per heavy atom. The number of pyridine rings is 1. The Morgan fingerprint density at radius 2 is 1.96 bits per heavy atom. The summed E-state index contributed by atoms with van der Waals surface area (Å²) in [4.78, 5) is 4.44. The fraction of sp³-hybridized carbons (Fsp3) is 0.350. The highest BCUT2D eigenvalue weighted by Gasteiger charge is 2.13. The van der Waals surface area contributed by atoms with E-state index in [0.29, 0.717) is 6.10 Å². The molecular formula is C20H23N3O2. The van der Waals surface area contributed by atoms with E-state index in [1.807, 2.05) is 30.6 Å². The molecule has 0 saturated carbocycles. The van der Waals surface area contributed by atoms with Crippen molar-refractivity contribution in [3.63, 3.8) is 0 Å². The van der Waals surface area contributed by atoms with Gasteiger partial charge in [0.05, 0.1) is 24.6 Å². The first-order valence-electron chi connectivity index (χ1n) is 8.86. The van der Waals surface area contributed by atoms with Crippen molar-refractivity contribution in [1.29, 1.82) is 0 Å². The van der Waals surface area contributed by atoms with Gasteiger partial charge in [0.15, 0.2) is 0 Å². The van der Waals surface area contributed by atoms with Gasteiger partial charge < -0.3 is 14.8 Å². The van der Waals surface area contributed by atoms with Gasteiger partial charge in [-0.25, -0.2) is 4.98 Å². The number of imidazole rings is 1. The molecule has 3 heterocycles. The maximum atomic E-state index is 5.88. The van der Waals surface area contributed by atoms with E-state index < -0.39 is 0 Å². The van der Waals surface area contributed by atoms with Crippen LogP contribution in [0.5, 0.6) is 0 Å². The zero-order valence-corrected chi connectivity index (χ0v) is 14.2. The van der Waals surface area contributed by atoms with Crippen LogP contribution in [0.1, 0.15) is 12.8 Å². The number of nitrogens with zero attached hydrogens (tertiary/aromatic N) is 2. The van der Waals surface area contributed by atoms with Crippen LogP contribution in [-0.4, -0.2) is 41.9 Å². The molecule has 2 aromatic heterocycles. The van der Waals surface area contributed by atoms with Crippen LogP contribution in [0.25, 0.3) is 16.9 Å². The average molecular weight is 337 g/mol. The van der Waals surface area contributed by atoms with Crippen molar-refractivity contribution >= 4 is 11.3 Å². The van der Waals surface area contributed by atoms with E-state index in [1.54, 1.807) is 0 Å². The van der Waals surface area contributed by atoms with Crippen LogP contribution >= 0.6 is 0 Å². The summed E-state index contributed by atoms with van der Waals surface area (Å²) >= 11 is 0. The summed E-state index contributed by atoms with van der Waals surface area (Å²) in [5.41, 5.74) is 4.32. The molecule has 25 heavy (non-hydrogen) atoms. The minimum atomic E-state index is 0.355. The van der Waals surface area contributed by atoms with Crippen molar-refractivity contribution in [3.05, 3.63) is 54.9 Å². The minimum absolute atomic E-state index is 0.355. The van der Waals surface area contributed by atoms with Gasteiger partial charge in [-0.3, -0.25) is 4.40 Å². The van der Waals surface area contributed by atoms with Crippen LogP contribution in [0.2, 0.25) is 0 Å². The molecule has 4 rings (SSSR count). The van der Waals surface area contributed by atoms with Gasteiger partial charge in [0.2, 0.25) is 0 Å². The number of nitrogens with one attached hydrogen (secondary N) is 1. The van der Waals surface area contributed by atoms with Crippen molar-refractivity contribution in [3.8, 4) is 11.3 Å². The molecule has 1 saturated heterocycles. The molecule has 1 aliphatic rings. The first-order valence-corrected chi connectivity index (χ1v) is 8.86. The normalized spacial score (nSPS) is 15.5. The molecule has 5 nitrogen and oxygen atoms in total. The molecule has 3 aromatic rings. The van der Waals surface area contributed by atoms with E-state index in [1.165, 1.54) is 0 Å². The van der Waals surface area contributed by atoms with Crippen LogP contribution < -0.4 is 5.32 Å². The monoisotopic (exact) mass is 337 g/mol. The predicted octanol–water partition coefficient (Wildman–Crippen LogP) is 3.61. The summed E-state index contributed by atoms with van der Waals surface area (Å²) < 4.78 is 13.3. The van der Waals surface area contributed by atoms with Crippen LogP contribution in [-0.2, 0) is 9.47 Å². The Hall–Kier alpha value is -2.37. The Kier molecular flexibility index (Phi) is 4.95. The SMILES string of the molecule is c1ccn2c(-c3ccc(NCCOC4CCOCC4)cc3)cnc2c1. The van der Waals surface area contributed by atoms with Crippen molar-refractivity contribution < 1.29 is 9.47 Å². The predicted molar refractivity (Wildman–Crippen MR) is 98.9 cm³/mol. The van der Waals surface area contributed by atoms with E-state index in [4.69, 9.17) is 9.47 Å². The molecule has 1 aliphatic heterocycles. The molecule has 130 valence electrons. The highest BCUT2D eigenvalue weighted by molar-refractivity contribution is 5.66. The third-order valence-electron chi connectivity index (χ3n) is 4.55. The zero-order valence-electron chi connectivity index (χ0n) is 14.2. The van der Waals surface area contributed by atoms with Crippen LogP contribution in [0.15, 0.2) is 54.9 Å². The Morgan fingerprint density at radius 3 is 2.80 bits per heavy atom. The maximum absolute atomic E-state index is 5.88. The fourth-order valence-electron chi connectivity index (χ4n) is 3.17. The summed E-state index contributed by atoms with van der Waals surface area (Å²) in [6.45, 7) is 3.18. The van der Waals surface area contributed by atoms with Crippen LogP contribution in [0.3, 0.4) is 0 Å². The molecule has 0 amide bonds. The number of hydrogen-bond acceptors (Lipinski definition) is 4. The lowest BCUT2D eigenvalue weighted by Gasteiger charge is -2.22. The van der Waals surface area contributed by atoms with E-state index in [-0.39, 0.29) is 0 Å². The Labute approximate surface area is 147 Å². The summed E-state index contributed by atoms with van der Waals surface area (Å²) in [5, 5.41) is 3.42. The van der Waals surface area contributed by atoms with Crippen molar-refractivity contribution in [2.75, 3.05) is 31.7 Å². The second-order valence-corrected chi connectivity index (χ2v) is 6.26. The summed E-state index contributed by atoms with van der Waals surface area (Å²) in [6, 6.07) is 14.5. The first kappa shape index (κ1) is 16.1. The Bertz CT molecular complexity index is 807. The van der Waals surface area contributed by atoms with Gasteiger partial charge in [-0.15, -0.1) is 0 Å². The summed E-state index contributed by atoms with van der Waals surface area (Å²) in [5.74, 6) is 0. The van der Waals surface area contributed by atoms with Crippen molar-refractivity contribution in [2.24, 2.45) is 0 Å². The number of benzene rings is 1. The molecule has 0 radical (unpaired) electrons. The third kappa shape index (κ3) is 3.83.